The van der Waals surface area contributed by atoms with Gasteiger partial charge in [0.15, 0.2) is 5.78 Å². The quantitative estimate of drug-likeness (QED) is 0.706. The first kappa shape index (κ1) is 13.3. The number of hydrogen-bond acceptors (Lipinski definition) is 2. The van der Waals surface area contributed by atoms with Gasteiger partial charge in [-0.15, -0.1) is 0 Å². The van der Waals surface area contributed by atoms with Gasteiger partial charge in [0.25, 0.3) is 0 Å². The van der Waals surface area contributed by atoms with Crippen LogP contribution in [0.1, 0.15) is 40.9 Å². The Balaban J connectivity index is 0.000000637. The third-order valence-corrected chi connectivity index (χ3v) is 3.02. The van der Waals surface area contributed by atoms with Crippen molar-refractivity contribution >= 4 is 5.78 Å². The minimum absolute atomic E-state index is 0.0526. The average Bonchev–Trinajstić information content (AvgIpc) is 2.60. The van der Waals surface area contributed by atoms with Gasteiger partial charge in [0.1, 0.15) is 12.4 Å². The second-order valence-electron chi connectivity index (χ2n) is 4.27. The van der Waals surface area contributed by atoms with E-state index in [0.29, 0.717) is 17.9 Å². The minimum atomic E-state index is 0.0526. The maximum atomic E-state index is 12.4. The van der Waals surface area contributed by atoms with Crippen molar-refractivity contribution in [3.05, 3.63) is 64.7 Å². The first-order valence-electron chi connectivity index (χ1n) is 6.62. The maximum Gasteiger partial charge on any atom is 0.197 e. The van der Waals surface area contributed by atoms with E-state index in [1.807, 2.05) is 63.2 Å². The molecule has 2 nitrogen and oxygen atoms in total. The number of carbonyl (C=O) groups is 1. The molecule has 0 aromatic heterocycles. The summed E-state index contributed by atoms with van der Waals surface area (Å²) in [7, 11) is 0. The third-order valence-electron chi connectivity index (χ3n) is 3.02. The van der Waals surface area contributed by atoms with Crippen LogP contribution in [0, 0.1) is 6.92 Å². The lowest BCUT2D eigenvalue weighted by molar-refractivity contribution is 0.103. The SMILES string of the molecule is CC.Cc1ccc2c(c1)C(=O)c1ccccc1CO2. The van der Waals surface area contributed by atoms with Crippen LogP contribution in [0.5, 0.6) is 5.75 Å². The summed E-state index contributed by atoms with van der Waals surface area (Å²) >= 11 is 0. The molecule has 0 saturated carbocycles. The standard InChI is InChI=1S/C15H12O2.C2H6/c1-10-6-7-14-13(8-10)15(16)12-5-3-2-4-11(12)9-17-14;1-2/h2-8H,9H2,1H3;1-2H3. The van der Waals surface area contributed by atoms with Crippen LogP contribution in [-0.2, 0) is 6.61 Å². The number of aryl methyl sites for hydroxylation is 1. The van der Waals surface area contributed by atoms with E-state index in [9.17, 15) is 4.79 Å². The molecule has 0 N–H and O–H groups in total. The third kappa shape index (κ3) is 2.53. The highest BCUT2D eigenvalue weighted by Gasteiger charge is 2.21. The molecule has 0 radical (unpaired) electrons. The van der Waals surface area contributed by atoms with E-state index in [2.05, 4.69) is 0 Å². The van der Waals surface area contributed by atoms with Crippen molar-refractivity contribution in [1.29, 1.82) is 0 Å². The Kier molecular flexibility index (Phi) is 4.00. The molecule has 0 spiro atoms. The fraction of sp³-hybridized carbons (Fsp3) is 0.235. The number of ketones is 1. The molecule has 0 atom stereocenters. The van der Waals surface area contributed by atoms with Crippen LogP contribution in [0.15, 0.2) is 42.5 Å². The summed E-state index contributed by atoms with van der Waals surface area (Å²) in [5, 5.41) is 0. The number of hydrogen-bond donors (Lipinski definition) is 0. The van der Waals surface area contributed by atoms with Crippen molar-refractivity contribution in [2.75, 3.05) is 0 Å². The Hall–Kier alpha value is -2.09. The molecule has 19 heavy (non-hydrogen) atoms. The molecular formula is C17H18O2. The number of benzene rings is 2. The predicted octanol–water partition coefficient (Wildman–Crippen LogP) is 4.14. The lowest BCUT2D eigenvalue weighted by Gasteiger charge is -2.06. The fourth-order valence-corrected chi connectivity index (χ4v) is 2.12. The number of fused-ring (bicyclic) bond motifs is 2. The van der Waals surface area contributed by atoms with Gasteiger partial charge >= 0.3 is 0 Å². The normalized spacial score (nSPS) is 12.3. The summed E-state index contributed by atoms with van der Waals surface area (Å²) in [4.78, 5) is 12.4. The molecule has 0 fully saturated rings. The predicted molar refractivity (Wildman–Crippen MR) is 76.7 cm³/mol. The van der Waals surface area contributed by atoms with Gasteiger partial charge in [0.05, 0.1) is 5.56 Å². The molecule has 1 aliphatic heterocycles. The zero-order valence-electron chi connectivity index (χ0n) is 11.6. The lowest BCUT2D eigenvalue weighted by Crippen LogP contribution is -2.02. The van der Waals surface area contributed by atoms with E-state index in [1.54, 1.807) is 0 Å². The largest absolute Gasteiger partial charge is 0.488 e. The van der Waals surface area contributed by atoms with Crippen molar-refractivity contribution in [2.45, 2.75) is 27.4 Å². The topological polar surface area (TPSA) is 26.3 Å². The van der Waals surface area contributed by atoms with E-state index >= 15 is 0 Å². The zero-order valence-corrected chi connectivity index (χ0v) is 11.6. The van der Waals surface area contributed by atoms with Crippen LogP contribution in [0.4, 0.5) is 0 Å². The lowest BCUT2D eigenvalue weighted by atomic mass is 9.98. The second-order valence-corrected chi connectivity index (χ2v) is 4.27. The molecule has 98 valence electrons. The van der Waals surface area contributed by atoms with Crippen LogP contribution < -0.4 is 4.74 Å². The number of rotatable bonds is 0. The van der Waals surface area contributed by atoms with Crippen LogP contribution in [0.2, 0.25) is 0 Å². The van der Waals surface area contributed by atoms with Gasteiger partial charge in [-0.1, -0.05) is 49.7 Å². The molecule has 2 aromatic rings. The molecule has 1 heterocycles. The van der Waals surface area contributed by atoms with Gasteiger partial charge < -0.3 is 4.74 Å². The summed E-state index contributed by atoms with van der Waals surface area (Å²) in [6.45, 7) is 6.43. The average molecular weight is 254 g/mol. The van der Waals surface area contributed by atoms with Crippen molar-refractivity contribution in [1.82, 2.24) is 0 Å². The fourth-order valence-electron chi connectivity index (χ4n) is 2.12. The Morgan fingerprint density at radius 2 is 1.74 bits per heavy atom. The van der Waals surface area contributed by atoms with E-state index in [0.717, 1.165) is 16.7 Å². The van der Waals surface area contributed by atoms with Crippen LogP contribution in [0.3, 0.4) is 0 Å². The summed E-state index contributed by atoms with van der Waals surface area (Å²) in [5.41, 5.74) is 3.43. The van der Waals surface area contributed by atoms with Crippen molar-refractivity contribution in [3.8, 4) is 5.75 Å². The Bertz CT molecular complexity index is 600. The molecular weight excluding hydrogens is 236 g/mol. The molecule has 2 heteroatoms. The van der Waals surface area contributed by atoms with Gasteiger partial charge in [-0.05, 0) is 19.1 Å². The zero-order chi connectivity index (χ0) is 13.8. The smallest absolute Gasteiger partial charge is 0.197 e. The van der Waals surface area contributed by atoms with Crippen molar-refractivity contribution in [2.24, 2.45) is 0 Å². The molecule has 0 amide bonds. The highest BCUT2D eigenvalue weighted by molar-refractivity contribution is 6.12. The highest BCUT2D eigenvalue weighted by atomic mass is 16.5. The van der Waals surface area contributed by atoms with Gasteiger partial charge in [0.2, 0.25) is 0 Å². The summed E-state index contributed by atoms with van der Waals surface area (Å²) in [6.07, 6.45) is 0. The van der Waals surface area contributed by atoms with Crippen molar-refractivity contribution in [3.63, 3.8) is 0 Å². The Morgan fingerprint density at radius 3 is 2.53 bits per heavy atom. The summed E-state index contributed by atoms with van der Waals surface area (Å²) in [5.74, 6) is 0.730. The second kappa shape index (κ2) is 5.70. The summed E-state index contributed by atoms with van der Waals surface area (Å²) < 4.78 is 5.68. The van der Waals surface area contributed by atoms with Gasteiger partial charge in [-0.25, -0.2) is 0 Å². The van der Waals surface area contributed by atoms with E-state index in [-0.39, 0.29) is 5.78 Å². The first-order chi connectivity index (χ1) is 9.25. The molecule has 3 rings (SSSR count). The van der Waals surface area contributed by atoms with Crippen LogP contribution in [-0.4, -0.2) is 5.78 Å². The Morgan fingerprint density at radius 1 is 1.00 bits per heavy atom. The monoisotopic (exact) mass is 254 g/mol. The molecule has 0 unspecified atom stereocenters. The molecule has 0 saturated heterocycles. The van der Waals surface area contributed by atoms with E-state index in [1.165, 1.54) is 0 Å². The van der Waals surface area contributed by atoms with E-state index < -0.39 is 0 Å². The highest BCUT2D eigenvalue weighted by Crippen LogP contribution is 2.28. The molecule has 0 bridgehead atoms. The number of carbonyl (C=O) groups excluding carboxylic acids is 1. The summed E-state index contributed by atoms with van der Waals surface area (Å²) in [6, 6.07) is 13.3. The van der Waals surface area contributed by atoms with E-state index in [4.69, 9.17) is 4.74 Å². The number of ether oxygens (including phenoxy) is 1. The van der Waals surface area contributed by atoms with Crippen molar-refractivity contribution < 1.29 is 9.53 Å². The van der Waals surface area contributed by atoms with Gasteiger partial charge in [0, 0.05) is 11.1 Å². The molecule has 2 aromatic carbocycles. The first-order valence-corrected chi connectivity index (χ1v) is 6.62. The van der Waals surface area contributed by atoms with Gasteiger partial charge in [-0.2, -0.15) is 0 Å². The molecule has 1 aliphatic rings. The molecule has 0 aliphatic carbocycles. The maximum absolute atomic E-state index is 12.4. The van der Waals surface area contributed by atoms with Crippen LogP contribution in [0.25, 0.3) is 0 Å². The van der Waals surface area contributed by atoms with Crippen LogP contribution >= 0.6 is 0 Å². The van der Waals surface area contributed by atoms with Gasteiger partial charge in [-0.3, -0.25) is 4.79 Å². The minimum Gasteiger partial charge on any atom is -0.488 e. The Labute approximate surface area is 114 Å².